The van der Waals surface area contributed by atoms with Crippen LogP contribution in [0.25, 0.3) is 11.0 Å². The molecule has 1 aromatic carbocycles. The summed E-state index contributed by atoms with van der Waals surface area (Å²) in [6, 6.07) is 8.24. The van der Waals surface area contributed by atoms with E-state index in [2.05, 4.69) is 57.7 Å². The molecule has 1 heterocycles. The Bertz CT molecular complexity index is 626. The van der Waals surface area contributed by atoms with E-state index in [0.717, 1.165) is 30.7 Å². The standard InChI is InChI=1S/C16H21N3O/c1-13(7-6-11-17-20-3)10-12-19-14(2)18-15-8-4-5-9-16(15)19/h4-5,8-11H,6-7,12H2,1-3H3/b13-10+,17-11-. The number of benzene rings is 1. The van der Waals surface area contributed by atoms with Gasteiger partial charge in [0.25, 0.3) is 0 Å². The lowest BCUT2D eigenvalue weighted by Crippen LogP contribution is -1.98. The number of para-hydroxylation sites is 2. The van der Waals surface area contributed by atoms with Crippen LogP contribution < -0.4 is 0 Å². The van der Waals surface area contributed by atoms with Gasteiger partial charge in [0.1, 0.15) is 12.9 Å². The van der Waals surface area contributed by atoms with Crippen LogP contribution in [-0.4, -0.2) is 22.9 Å². The van der Waals surface area contributed by atoms with Gasteiger partial charge in [-0.3, -0.25) is 0 Å². The third-order valence-electron chi connectivity index (χ3n) is 3.32. The average Bonchev–Trinajstić information content (AvgIpc) is 2.77. The first-order valence-electron chi connectivity index (χ1n) is 6.85. The Balaban J connectivity index is 2.04. The maximum atomic E-state index is 4.64. The van der Waals surface area contributed by atoms with Crippen molar-refractivity contribution < 1.29 is 4.84 Å². The largest absolute Gasteiger partial charge is 0.399 e. The van der Waals surface area contributed by atoms with Gasteiger partial charge < -0.3 is 9.40 Å². The molecule has 0 spiro atoms. The second-order valence-electron chi connectivity index (χ2n) is 4.82. The van der Waals surface area contributed by atoms with Gasteiger partial charge in [0.15, 0.2) is 0 Å². The molecule has 0 fully saturated rings. The summed E-state index contributed by atoms with van der Waals surface area (Å²) in [6.45, 7) is 5.06. The van der Waals surface area contributed by atoms with Gasteiger partial charge in [-0.05, 0) is 38.8 Å². The molecule has 4 heteroatoms. The number of hydrogen-bond donors (Lipinski definition) is 0. The fourth-order valence-corrected chi connectivity index (χ4v) is 2.20. The third-order valence-corrected chi connectivity index (χ3v) is 3.32. The predicted octanol–water partition coefficient (Wildman–Crippen LogP) is 3.70. The Morgan fingerprint density at radius 3 is 3.00 bits per heavy atom. The van der Waals surface area contributed by atoms with E-state index in [1.54, 1.807) is 13.3 Å². The van der Waals surface area contributed by atoms with Crippen molar-refractivity contribution in [2.75, 3.05) is 7.11 Å². The van der Waals surface area contributed by atoms with E-state index in [9.17, 15) is 0 Å². The van der Waals surface area contributed by atoms with E-state index >= 15 is 0 Å². The summed E-state index contributed by atoms with van der Waals surface area (Å²) in [5.41, 5.74) is 3.60. The minimum Gasteiger partial charge on any atom is -0.399 e. The molecule has 0 atom stereocenters. The minimum absolute atomic E-state index is 0.861. The maximum Gasteiger partial charge on any atom is 0.107 e. The molecule has 0 saturated heterocycles. The second kappa shape index (κ2) is 6.89. The summed E-state index contributed by atoms with van der Waals surface area (Å²) in [7, 11) is 1.56. The van der Waals surface area contributed by atoms with Crippen LogP contribution in [0.4, 0.5) is 0 Å². The highest BCUT2D eigenvalue weighted by atomic mass is 16.6. The van der Waals surface area contributed by atoms with Crippen LogP contribution in [0.3, 0.4) is 0 Å². The SMILES string of the molecule is CO/N=C\CC/C(C)=C/Cn1c(C)nc2ccccc21. The van der Waals surface area contributed by atoms with Gasteiger partial charge in [0.05, 0.1) is 11.0 Å². The normalized spacial score (nSPS) is 12.4. The summed E-state index contributed by atoms with van der Waals surface area (Å²) in [5, 5.41) is 3.74. The Morgan fingerprint density at radius 1 is 1.40 bits per heavy atom. The van der Waals surface area contributed by atoms with Crippen molar-refractivity contribution in [3.8, 4) is 0 Å². The van der Waals surface area contributed by atoms with Crippen LogP contribution in [0.15, 0.2) is 41.1 Å². The van der Waals surface area contributed by atoms with Gasteiger partial charge in [0, 0.05) is 12.8 Å². The average molecular weight is 271 g/mol. The van der Waals surface area contributed by atoms with Crippen molar-refractivity contribution in [1.29, 1.82) is 0 Å². The van der Waals surface area contributed by atoms with Crippen LogP contribution >= 0.6 is 0 Å². The lowest BCUT2D eigenvalue weighted by Gasteiger charge is -2.04. The van der Waals surface area contributed by atoms with Gasteiger partial charge in [0.2, 0.25) is 0 Å². The summed E-state index contributed by atoms with van der Waals surface area (Å²) < 4.78 is 2.24. The summed E-state index contributed by atoms with van der Waals surface area (Å²) >= 11 is 0. The van der Waals surface area contributed by atoms with Crippen LogP contribution in [0.1, 0.15) is 25.6 Å². The number of nitrogens with zero attached hydrogens (tertiary/aromatic N) is 3. The van der Waals surface area contributed by atoms with Crippen molar-refractivity contribution in [3.63, 3.8) is 0 Å². The number of fused-ring (bicyclic) bond motifs is 1. The zero-order chi connectivity index (χ0) is 14.4. The Labute approximate surface area is 119 Å². The quantitative estimate of drug-likeness (QED) is 0.456. The van der Waals surface area contributed by atoms with Crippen LogP contribution in [-0.2, 0) is 11.4 Å². The molecule has 2 aromatic rings. The van der Waals surface area contributed by atoms with E-state index in [1.807, 2.05) is 6.07 Å². The van der Waals surface area contributed by atoms with Gasteiger partial charge >= 0.3 is 0 Å². The van der Waals surface area contributed by atoms with Crippen LogP contribution in [0.2, 0.25) is 0 Å². The number of allylic oxidation sites excluding steroid dienone is 2. The summed E-state index contributed by atoms with van der Waals surface area (Å²) in [6.07, 6.45) is 5.95. The molecule has 0 aliphatic carbocycles. The first-order valence-corrected chi connectivity index (χ1v) is 6.85. The molecule has 0 amide bonds. The molecule has 0 aliphatic heterocycles. The van der Waals surface area contributed by atoms with Crippen LogP contribution in [0, 0.1) is 6.92 Å². The minimum atomic E-state index is 0.861. The van der Waals surface area contributed by atoms with E-state index in [1.165, 1.54) is 11.1 Å². The zero-order valence-corrected chi connectivity index (χ0v) is 12.3. The summed E-state index contributed by atoms with van der Waals surface area (Å²) in [4.78, 5) is 9.22. The highest BCUT2D eigenvalue weighted by Crippen LogP contribution is 2.16. The Kier molecular flexibility index (Phi) is 4.93. The van der Waals surface area contributed by atoms with E-state index in [-0.39, 0.29) is 0 Å². The molecule has 0 radical (unpaired) electrons. The van der Waals surface area contributed by atoms with Gasteiger partial charge in [-0.1, -0.05) is 28.9 Å². The third kappa shape index (κ3) is 3.47. The number of aromatic nitrogens is 2. The molecule has 2 rings (SSSR count). The Morgan fingerprint density at radius 2 is 2.20 bits per heavy atom. The monoisotopic (exact) mass is 271 g/mol. The van der Waals surface area contributed by atoms with Crippen molar-refractivity contribution in [2.24, 2.45) is 5.16 Å². The fraction of sp³-hybridized carbons (Fsp3) is 0.375. The lowest BCUT2D eigenvalue weighted by atomic mass is 10.1. The topological polar surface area (TPSA) is 39.4 Å². The zero-order valence-electron chi connectivity index (χ0n) is 12.3. The highest BCUT2D eigenvalue weighted by molar-refractivity contribution is 5.75. The van der Waals surface area contributed by atoms with Crippen LogP contribution in [0.5, 0.6) is 0 Å². The van der Waals surface area contributed by atoms with Crippen molar-refractivity contribution in [2.45, 2.75) is 33.2 Å². The number of aryl methyl sites for hydroxylation is 1. The smallest absolute Gasteiger partial charge is 0.107 e. The number of imidazole rings is 1. The van der Waals surface area contributed by atoms with E-state index < -0.39 is 0 Å². The molecule has 0 aliphatic rings. The maximum absolute atomic E-state index is 4.64. The number of hydrogen-bond acceptors (Lipinski definition) is 3. The van der Waals surface area contributed by atoms with Gasteiger partial charge in [-0.2, -0.15) is 0 Å². The molecule has 0 N–H and O–H groups in total. The molecular weight excluding hydrogens is 250 g/mol. The fourth-order valence-electron chi connectivity index (χ4n) is 2.20. The lowest BCUT2D eigenvalue weighted by molar-refractivity contribution is 0.214. The highest BCUT2D eigenvalue weighted by Gasteiger charge is 2.04. The summed E-state index contributed by atoms with van der Waals surface area (Å²) in [5.74, 6) is 1.05. The van der Waals surface area contributed by atoms with Crippen molar-refractivity contribution >= 4 is 17.2 Å². The molecular formula is C16H21N3O. The number of rotatable bonds is 6. The molecule has 106 valence electrons. The molecule has 0 bridgehead atoms. The molecule has 0 saturated carbocycles. The predicted molar refractivity (Wildman–Crippen MR) is 83.0 cm³/mol. The van der Waals surface area contributed by atoms with E-state index in [0.29, 0.717) is 0 Å². The molecule has 1 aromatic heterocycles. The van der Waals surface area contributed by atoms with Crippen molar-refractivity contribution in [1.82, 2.24) is 9.55 Å². The first kappa shape index (κ1) is 14.3. The number of oxime groups is 1. The van der Waals surface area contributed by atoms with Crippen molar-refractivity contribution in [3.05, 3.63) is 41.7 Å². The Hall–Kier alpha value is -2.10. The molecule has 0 unspecified atom stereocenters. The molecule has 4 nitrogen and oxygen atoms in total. The molecule has 20 heavy (non-hydrogen) atoms. The second-order valence-corrected chi connectivity index (χ2v) is 4.82. The van der Waals surface area contributed by atoms with Gasteiger partial charge in [-0.15, -0.1) is 0 Å². The van der Waals surface area contributed by atoms with Gasteiger partial charge in [-0.25, -0.2) is 4.98 Å². The van der Waals surface area contributed by atoms with E-state index in [4.69, 9.17) is 0 Å². The first-order chi connectivity index (χ1) is 9.72.